The number of piperazine rings is 1. The summed E-state index contributed by atoms with van der Waals surface area (Å²) in [4.78, 5) is 12.6. The summed E-state index contributed by atoms with van der Waals surface area (Å²) >= 11 is 0. The summed E-state index contributed by atoms with van der Waals surface area (Å²) in [5.41, 5.74) is 0.779. The maximum absolute atomic E-state index is 13.3. The number of ether oxygens (including phenoxy) is 1. The zero-order chi connectivity index (χ0) is 16.2. The van der Waals surface area contributed by atoms with E-state index in [-0.39, 0.29) is 0 Å². The molecule has 5 nitrogen and oxygen atoms in total. The Labute approximate surface area is 133 Å². The fourth-order valence-electron chi connectivity index (χ4n) is 2.65. The van der Waals surface area contributed by atoms with E-state index in [4.69, 9.17) is 4.74 Å². The van der Waals surface area contributed by atoms with Crippen molar-refractivity contribution in [3.8, 4) is 5.88 Å². The van der Waals surface area contributed by atoms with Crippen LogP contribution in [0.4, 0.5) is 14.6 Å². The van der Waals surface area contributed by atoms with E-state index in [0.29, 0.717) is 12.4 Å². The third-order valence-electron chi connectivity index (χ3n) is 3.92. The first kappa shape index (κ1) is 15.6. The second-order valence-corrected chi connectivity index (χ2v) is 5.43. The first-order chi connectivity index (χ1) is 11.2. The smallest absolute Gasteiger partial charge is 0.218 e. The van der Waals surface area contributed by atoms with Crippen LogP contribution in [0, 0.1) is 11.6 Å². The Morgan fingerprint density at radius 1 is 1.04 bits per heavy atom. The number of nitrogens with zero attached hydrogens (tertiary/aromatic N) is 4. The van der Waals surface area contributed by atoms with Crippen LogP contribution >= 0.6 is 0 Å². The summed E-state index contributed by atoms with van der Waals surface area (Å²) in [5.74, 6) is -0.228. The maximum atomic E-state index is 13.3. The molecule has 1 aliphatic rings. The second kappa shape index (κ2) is 6.87. The number of benzene rings is 1. The predicted molar refractivity (Wildman–Crippen MR) is 82.4 cm³/mol. The Morgan fingerprint density at radius 2 is 1.83 bits per heavy atom. The lowest BCUT2D eigenvalue weighted by molar-refractivity contribution is 0.248. The molecule has 3 rings (SSSR count). The minimum absolute atomic E-state index is 0.541. The van der Waals surface area contributed by atoms with Crippen molar-refractivity contribution in [2.24, 2.45) is 0 Å². The third kappa shape index (κ3) is 3.73. The van der Waals surface area contributed by atoms with Crippen LogP contribution < -0.4 is 9.64 Å². The summed E-state index contributed by atoms with van der Waals surface area (Å²) < 4.78 is 31.3. The predicted octanol–water partition coefficient (Wildman–Crippen LogP) is 2.09. The van der Waals surface area contributed by atoms with Gasteiger partial charge in [0.2, 0.25) is 5.88 Å². The lowest BCUT2D eigenvalue weighted by atomic mass is 10.2. The molecule has 1 aromatic heterocycles. The Kier molecular flexibility index (Phi) is 4.66. The molecule has 0 spiro atoms. The molecule has 7 heteroatoms. The lowest BCUT2D eigenvalue weighted by Crippen LogP contribution is -2.46. The molecule has 0 aliphatic carbocycles. The fraction of sp³-hybridized carbons (Fsp3) is 0.375. The van der Waals surface area contributed by atoms with Gasteiger partial charge in [-0.25, -0.2) is 18.7 Å². The van der Waals surface area contributed by atoms with Crippen LogP contribution in [-0.4, -0.2) is 48.2 Å². The molecule has 2 aromatic rings. The van der Waals surface area contributed by atoms with Crippen molar-refractivity contribution in [2.45, 2.75) is 6.54 Å². The summed E-state index contributed by atoms with van der Waals surface area (Å²) in [6, 6.07) is 5.87. The number of methoxy groups -OCH3 is 1. The summed E-state index contributed by atoms with van der Waals surface area (Å²) in [6.07, 6.45) is 1.49. The van der Waals surface area contributed by atoms with E-state index in [1.807, 2.05) is 6.07 Å². The first-order valence-electron chi connectivity index (χ1n) is 7.43. The first-order valence-corrected chi connectivity index (χ1v) is 7.43. The average molecular weight is 320 g/mol. The van der Waals surface area contributed by atoms with Crippen molar-refractivity contribution < 1.29 is 13.5 Å². The molecule has 1 saturated heterocycles. The minimum Gasteiger partial charge on any atom is -0.481 e. The normalized spacial score (nSPS) is 15.7. The molecule has 0 bridgehead atoms. The molecule has 1 aromatic carbocycles. The van der Waals surface area contributed by atoms with E-state index < -0.39 is 11.6 Å². The van der Waals surface area contributed by atoms with Crippen molar-refractivity contribution in [2.75, 3.05) is 38.2 Å². The van der Waals surface area contributed by atoms with Crippen LogP contribution in [0.5, 0.6) is 5.88 Å². The Morgan fingerprint density at radius 3 is 2.52 bits per heavy atom. The Bertz CT molecular complexity index is 675. The molecular formula is C16H18F2N4O. The molecular weight excluding hydrogens is 302 g/mol. The highest BCUT2D eigenvalue weighted by molar-refractivity contribution is 5.41. The van der Waals surface area contributed by atoms with Crippen LogP contribution in [0.15, 0.2) is 30.6 Å². The second-order valence-electron chi connectivity index (χ2n) is 5.43. The monoisotopic (exact) mass is 320 g/mol. The Hall–Kier alpha value is -2.28. The molecule has 2 heterocycles. The SMILES string of the molecule is COc1cc(N2CCN(Cc3ccc(F)c(F)c3)CC2)ncn1. The summed E-state index contributed by atoms with van der Waals surface area (Å²) in [7, 11) is 1.58. The lowest BCUT2D eigenvalue weighted by Gasteiger charge is -2.35. The molecule has 0 N–H and O–H groups in total. The van der Waals surface area contributed by atoms with Gasteiger partial charge in [0.25, 0.3) is 0 Å². The van der Waals surface area contributed by atoms with Gasteiger partial charge in [0.05, 0.1) is 7.11 Å². The molecule has 122 valence electrons. The maximum Gasteiger partial charge on any atom is 0.218 e. The molecule has 1 fully saturated rings. The van der Waals surface area contributed by atoms with Gasteiger partial charge in [0, 0.05) is 38.8 Å². The van der Waals surface area contributed by atoms with E-state index in [1.54, 1.807) is 13.2 Å². The molecule has 0 unspecified atom stereocenters. The van der Waals surface area contributed by atoms with E-state index in [9.17, 15) is 8.78 Å². The molecule has 0 atom stereocenters. The quantitative estimate of drug-likeness (QED) is 0.863. The van der Waals surface area contributed by atoms with Crippen LogP contribution in [0.25, 0.3) is 0 Å². The zero-order valence-corrected chi connectivity index (χ0v) is 12.9. The van der Waals surface area contributed by atoms with Crippen molar-refractivity contribution in [1.82, 2.24) is 14.9 Å². The van der Waals surface area contributed by atoms with Crippen molar-refractivity contribution >= 4 is 5.82 Å². The van der Waals surface area contributed by atoms with Gasteiger partial charge >= 0.3 is 0 Å². The van der Waals surface area contributed by atoms with Crippen molar-refractivity contribution in [3.63, 3.8) is 0 Å². The van der Waals surface area contributed by atoms with Crippen LogP contribution in [0.2, 0.25) is 0 Å². The van der Waals surface area contributed by atoms with Gasteiger partial charge in [-0.2, -0.15) is 0 Å². The van der Waals surface area contributed by atoms with Gasteiger partial charge in [-0.15, -0.1) is 0 Å². The van der Waals surface area contributed by atoms with Gasteiger partial charge in [-0.05, 0) is 17.7 Å². The topological polar surface area (TPSA) is 41.5 Å². The average Bonchev–Trinajstić information content (AvgIpc) is 2.59. The summed E-state index contributed by atoms with van der Waals surface area (Å²) in [6.45, 7) is 3.88. The number of aromatic nitrogens is 2. The zero-order valence-electron chi connectivity index (χ0n) is 12.9. The highest BCUT2D eigenvalue weighted by Gasteiger charge is 2.19. The highest BCUT2D eigenvalue weighted by Crippen LogP contribution is 2.18. The molecule has 0 amide bonds. The van der Waals surface area contributed by atoms with Crippen molar-refractivity contribution in [1.29, 1.82) is 0 Å². The third-order valence-corrected chi connectivity index (χ3v) is 3.92. The minimum atomic E-state index is -0.809. The Balaban J connectivity index is 1.58. The molecule has 1 aliphatic heterocycles. The number of hydrogen-bond acceptors (Lipinski definition) is 5. The van der Waals surface area contributed by atoms with Crippen LogP contribution in [0.3, 0.4) is 0 Å². The van der Waals surface area contributed by atoms with E-state index >= 15 is 0 Å². The highest BCUT2D eigenvalue weighted by atomic mass is 19.2. The molecule has 23 heavy (non-hydrogen) atoms. The van der Waals surface area contributed by atoms with E-state index in [0.717, 1.165) is 37.6 Å². The van der Waals surface area contributed by atoms with Gasteiger partial charge in [0.15, 0.2) is 11.6 Å². The largest absolute Gasteiger partial charge is 0.481 e. The van der Waals surface area contributed by atoms with E-state index in [2.05, 4.69) is 19.8 Å². The fourth-order valence-corrected chi connectivity index (χ4v) is 2.65. The van der Waals surface area contributed by atoms with Gasteiger partial charge in [-0.1, -0.05) is 6.07 Å². The number of halogens is 2. The van der Waals surface area contributed by atoms with E-state index in [1.165, 1.54) is 18.5 Å². The number of rotatable bonds is 4. The molecule has 0 radical (unpaired) electrons. The van der Waals surface area contributed by atoms with Gasteiger partial charge in [-0.3, -0.25) is 4.90 Å². The van der Waals surface area contributed by atoms with Crippen LogP contribution in [0.1, 0.15) is 5.56 Å². The van der Waals surface area contributed by atoms with Crippen molar-refractivity contribution in [3.05, 3.63) is 47.8 Å². The number of anilines is 1. The standard InChI is InChI=1S/C16H18F2N4O/c1-23-16-9-15(19-11-20-16)22-6-4-21(5-7-22)10-12-2-3-13(17)14(18)8-12/h2-3,8-9,11H,4-7,10H2,1H3. The van der Waals surface area contributed by atoms with Crippen LogP contribution in [-0.2, 0) is 6.54 Å². The van der Waals surface area contributed by atoms with Gasteiger partial charge < -0.3 is 9.64 Å². The summed E-state index contributed by atoms with van der Waals surface area (Å²) in [5, 5.41) is 0. The van der Waals surface area contributed by atoms with Gasteiger partial charge in [0.1, 0.15) is 12.1 Å². The molecule has 0 saturated carbocycles. The number of hydrogen-bond donors (Lipinski definition) is 0.